The molecular formula is C13H15Cl2NO3. The van der Waals surface area contributed by atoms with Gasteiger partial charge in [0.05, 0.1) is 23.4 Å². The molecule has 1 aromatic carbocycles. The lowest BCUT2D eigenvalue weighted by Crippen LogP contribution is -2.12. The maximum Gasteiger partial charge on any atom is 0.337 e. The van der Waals surface area contributed by atoms with E-state index in [4.69, 9.17) is 23.2 Å². The van der Waals surface area contributed by atoms with E-state index < -0.39 is 5.97 Å². The van der Waals surface area contributed by atoms with Crippen molar-refractivity contribution in [3.63, 3.8) is 0 Å². The fourth-order valence-corrected chi connectivity index (χ4v) is 1.87. The minimum atomic E-state index is -0.470. The minimum Gasteiger partial charge on any atom is -0.465 e. The number of nitrogens with one attached hydrogen (secondary N) is 1. The highest BCUT2D eigenvalue weighted by Crippen LogP contribution is 2.23. The van der Waals surface area contributed by atoms with Crippen LogP contribution in [0.3, 0.4) is 0 Å². The molecule has 0 heterocycles. The summed E-state index contributed by atoms with van der Waals surface area (Å²) in [5.41, 5.74) is 0.817. The van der Waals surface area contributed by atoms with Crippen molar-refractivity contribution in [1.82, 2.24) is 0 Å². The van der Waals surface area contributed by atoms with E-state index in [1.54, 1.807) is 12.1 Å². The van der Waals surface area contributed by atoms with Gasteiger partial charge in [0.2, 0.25) is 5.91 Å². The SMILES string of the molecule is COC(=O)c1ccc(NC(=O)CCCCCl)c(Cl)c1. The Kier molecular flexibility index (Phi) is 6.67. The number of amides is 1. The Labute approximate surface area is 122 Å². The molecule has 0 saturated heterocycles. The number of unbranched alkanes of at least 4 members (excludes halogenated alkanes) is 1. The number of benzene rings is 1. The van der Waals surface area contributed by atoms with Gasteiger partial charge in [0, 0.05) is 12.3 Å². The molecule has 0 radical (unpaired) electrons. The number of esters is 1. The van der Waals surface area contributed by atoms with Gasteiger partial charge in [0.15, 0.2) is 0 Å². The molecular weight excluding hydrogens is 289 g/mol. The summed E-state index contributed by atoms with van der Waals surface area (Å²) in [5, 5.41) is 2.99. The molecule has 1 aromatic rings. The van der Waals surface area contributed by atoms with Crippen molar-refractivity contribution in [2.75, 3.05) is 18.3 Å². The molecule has 0 aliphatic rings. The van der Waals surface area contributed by atoms with Crippen LogP contribution in [0.15, 0.2) is 18.2 Å². The number of hydrogen-bond donors (Lipinski definition) is 1. The fourth-order valence-electron chi connectivity index (χ4n) is 1.45. The van der Waals surface area contributed by atoms with Crippen molar-refractivity contribution < 1.29 is 14.3 Å². The van der Waals surface area contributed by atoms with Crippen LogP contribution in [0.2, 0.25) is 5.02 Å². The van der Waals surface area contributed by atoms with Crippen LogP contribution in [-0.4, -0.2) is 24.9 Å². The number of carbonyl (C=O) groups excluding carboxylic acids is 2. The van der Waals surface area contributed by atoms with Crippen LogP contribution in [0.5, 0.6) is 0 Å². The Hall–Kier alpha value is -1.26. The van der Waals surface area contributed by atoms with Crippen LogP contribution in [0.4, 0.5) is 5.69 Å². The number of ether oxygens (including phenoxy) is 1. The average Bonchev–Trinajstić information content (AvgIpc) is 2.40. The molecule has 0 atom stereocenters. The van der Waals surface area contributed by atoms with Crippen molar-refractivity contribution >= 4 is 40.8 Å². The van der Waals surface area contributed by atoms with Gasteiger partial charge in [-0.2, -0.15) is 0 Å². The molecule has 0 unspecified atom stereocenters. The van der Waals surface area contributed by atoms with Crippen molar-refractivity contribution in [3.8, 4) is 0 Å². The quantitative estimate of drug-likeness (QED) is 0.497. The summed E-state index contributed by atoms with van der Waals surface area (Å²) >= 11 is 11.5. The second-order valence-electron chi connectivity index (χ2n) is 3.88. The molecule has 19 heavy (non-hydrogen) atoms. The number of methoxy groups -OCH3 is 1. The standard InChI is InChI=1S/C13H15Cl2NO3/c1-19-13(18)9-5-6-11(10(15)8-9)16-12(17)4-2-3-7-14/h5-6,8H,2-4,7H2,1H3,(H,16,17). The molecule has 6 heteroatoms. The van der Waals surface area contributed by atoms with E-state index in [0.29, 0.717) is 28.6 Å². The van der Waals surface area contributed by atoms with Gasteiger partial charge < -0.3 is 10.1 Å². The maximum atomic E-state index is 11.6. The predicted molar refractivity (Wildman–Crippen MR) is 76.0 cm³/mol. The van der Waals surface area contributed by atoms with Crippen LogP contribution >= 0.6 is 23.2 Å². The first-order valence-electron chi connectivity index (χ1n) is 5.82. The van der Waals surface area contributed by atoms with Gasteiger partial charge >= 0.3 is 5.97 Å². The average molecular weight is 304 g/mol. The summed E-state index contributed by atoms with van der Waals surface area (Å²) in [6, 6.07) is 4.59. The topological polar surface area (TPSA) is 55.4 Å². The first-order valence-corrected chi connectivity index (χ1v) is 6.73. The highest BCUT2D eigenvalue weighted by Gasteiger charge is 2.10. The monoisotopic (exact) mass is 303 g/mol. The fraction of sp³-hybridized carbons (Fsp3) is 0.385. The lowest BCUT2D eigenvalue weighted by atomic mass is 10.2. The van der Waals surface area contributed by atoms with Gasteiger partial charge in [-0.1, -0.05) is 11.6 Å². The van der Waals surface area contributed by atoms with Crippen LogP contribution in [0.25, 0.3) is 0 Å². The first-order chi connectivity index (χ1) is 9.08. The van der Waals surface area contributed by atoms with E-state index in [1.165, 1.54) is 13.2 Å². The molecule has 0 aromatic heterocycles. The van der Waals surface area contributed by atoms with E-state index in [9.17, 15) is 9.59 Å². The Morgan fingerprint density at radius 3 is 2.63 bits per heavy atom. The third-order valence-corrected chi connectivity index (χ3v) is 3.03. The molecule has 0 bridgehead atoms. The largest absolute Gasteiger partial charge is 0.465 e. The predicted octanol–water partition coefficient (Wildman–Crippen LogP) is 3.47. The lowest BCUT2D eigenvalue weighted by Gasteiger charge is -2.08. The number of rotatable bonds is 6. The molecule has 0 aliphatic heterocycles. The van der Waals surface area contributed by atoms with Gasteiger partial charge in [0.1, 0.15) is 0 Å². The number of alkyl halides is 1. The summed E-state index contributed by atoms with van der Waals surface area (Å²) in [5.74, 6) is -0.0540. The molecule has 4 nitrogen and oxygen atoms in total. The number of halogens is 2. The van der Waals surface area contributed by atoms with Gasteiger partial charge in [0.25, 0.3) is 0 Å². The summed E-state index contributed by atoms with van der Waals surface area (Å²) in [6.45, 7) is 0. The van der Waals surface area contributed by atoms with Crippen molar-refractivity contribution in [2.45, 2.75) is 19.3 Å². The Bertz CT molecular complexity index is 463. The zero-order chi connectivity index (χ0) is 14.3. The molecule has 0 spiro atoms. The van der Waals surface area contributed by atoms with Gasteiger partial charge in [-0.05, 0) is 31.0 Å². The van der Waals surface area contributed by atoms with Crippen molar-refractivity contribution in [1.29, 1.82) is 0 Å². The third-order valence-electron chi connectivity index (χ3n) is 2.45. The second-order valence-corrected chi connectivity index (χ2v) is 4.67. The number of anilines is 1. The summed E-state index contributed by atoms with van der Waals surface area (Å²) in [7, 11) is 1.29. The zero-order valence-electron chi connectivity index (χ0n) is 10.5. The number of carbonyl (C=O) groups is 2. The lowest BCUT2D eigenvalue weighted by molar-refractivity contribution is -0.116. The van der Waals surface area contributed by atoms with Gasteiger partial charge in [-0.15, -0.1) is 11.6 Å². The van der Waals surface area contributed by atoms with Crippen molar-refractivity contribution in [2.24, 2.45) is 0 Å². The molecule has 1 rings (SSSR count). The second kappa shape index (κ2) is 8.02. The molecule has 104 valence electrons. The molecule has 0 saturated carbocycles. The zero-order valence-corrected chi connectivity index (χ0v) is 12.1. The Balaban J connectivity index is 2.64. The summed E-state index contributed by atoms with van der Waals surface area (Å²) in [4.78, 5) is 22.9. The maximum absolute atomic E-state index is 11.6. The van der Waals surface area contributed by atoms with Crippen LogP contribution in [-0.2, 0) is 9.53 Å². The third kappa shape index (κ3) is 5.09. The smallest absolute Gasteiger partial charge is 0.337 e. The number of hydrogen-bond acceptors (Lipinski definition) is 3. The normalized spacial score (nSPS) is 10.1. The molecule has 0 aliphatic carbocycles. The first kappa shape index (κ1) is 15.8. The Morgan fingerprint density at radius 2 is 2.05 bits per heavy atom. The van der Waals surface area contributed by atoms with E-state index in [-0.39, 0.29) is 5.91 Å². The van der Waals surface area contributed by atoms with E-state index >= 15 is 0 Å². The van der Waals surface area contributed by atoms with Crippen LogP contribution in [0, 0.1) is 0 Å². The summed E-state index contributed by atoms with van der Waals surface area (Å²) in [6.07, 6.45) is 1.92. The van der Waals surface area contributed by atoms with E-state index in [1.807, 2.05) is 0 Å². The van der Waals surface area contributed by atoms with E-state index in [0.717, 1.165) is 12.8 Å². The molecule has 0 fully saturated rings. The van der Waals surface area contributed by atoms with Crippen molar-refractivity contribution in [3.05, 3.63) is 28.8 Å². The van der Waals surface area contributed by atoms with Gasteiger partial charge in [-0.25, -0.2) is 4.79 Å². The van der Waals surface area contributed by atoms with E-state index in [2.05, 4.69) is 10.1 Å². The van der Waals surface area contributed by atoms with Crippen LogP contribution < -0.4 is 5.32 Å². The highest BCUT2D eigenvalue weighted by molar-refractivity contribution is 6.34. The van der Waals surface area contributed by atoms with Gasteiger partial charge in [-0.3, -0.25) is 4.79 Å². The highest BCUT2D eigenvalue weighted by atomic mass is 35.5. The summed E-state index contributed by atoms with van der Waals surface area (Å²) < 4.78 is 4.58. The van der Waals surface area contributed by atoms with Crippen LogP contribution in [0.1, 0.15) is 29.6 Å². The minimum absolute atomic E-state index is 0.127. The molecule has 1 amide bonds. The Morgan fingerprint density at radius 1 is 1.32 bits per heavy atom. The molecule has 1 N–H and O–H groups in total.